The molecule has 6 nitrogen and oxygen atoms in total. The number of carbonyl (C=O) groups is 3. The molecule has 0 bridgehead atoms. The number of aryl methyl sites for hydroxylation is 1. The third-order valence-electron chi connectivity index (χ3n) is 4.27. The van der Waals surface area contributed by atoms with Crippen LogP contribution in [0.3, 0.4) is 0 Å². The maximum absolute atomic E-state index is 11.9. The van der Waals surface area contributed by atoms with Crippen molar-refractivity contribution < 1.29 is 23.9 Å². The van der Waals surface area contributed by atoms with Crippen LogP contribution < -0.4 is 10.1 Å². The summed E-state index contributed by atoms with van der Waals surface area (Å²) in [4.78, 5) is 34.4. The number of ether oxygens (including phenoxy) is 2. The van der Waals surface area contributed by atoms with Crippen LogP contribution in [0.25, 0.3) is 0 Å². The Morgan fingerprint density at radius 1 is 1.22 bits per heavy atom. The van der Waals surface area contributed by atoms with Crippen LogP contribution in [0.15, 0.2) is 42.5 Å². The van der Waals surface area contributed by atoms with E-state index in [1.165, 1.54) is 0 Å². The van der Waals surface area contributed by atoms with E-state index >= 15 is 0 Å². The number of imide groups is 1. The molecule has 0 aromatic heterocycles. The largest absolute Gasteiger partial charge is 0.496 e. The monoisotopic (exact) mass is 371 g/mol. The van der Waals surface area contributed by atoms with Gasteiger partial charge in [-0.05, 0) is 42.9 Å². The van der Waals surface area contributed by atoms with Crippen LogP contribution in [0.1, 0.15) is 43.2 Å². The minimum Gasteiger partial charge on any atom is -0.496 e. The van der Waals surface area contributed by atoms with Crippen molar-refractivity contribution in [3.05, 3.63) is 53.6 Å². The number of hydrogen-bond donors (Lipinski definition) is 1. The molecule has 0 unspecified atom stereocenters. The summed E-state index contributed by atoms with van der Waals surface area (Å²) in [6.07, 6.45) is 8.15. The van der Waals surface area contributed by atoms with Gasteiger partial charge in [0.05, 0.1) is 13.5 Å². The predicted molar refractivity (Wildman–Crippen MR) is 101 cm³/mol. The van der Waals surface area contributed by atoms with Gasteiger partial charge in [0.2, 0.25) is 0 Å². The van der Waals surface area contributed by atoms with Gasteiger partial charge < -0.3 is 9.47 Å². The van der Waals surface area contributed by atoms with E-state index in [0.717, 1.165) is 55.1 Å². The Bertz CT molecular complexity index is 751. The number of nitrogens with one attached hydrogen (secondary N) is 1. The Kier molecular flexibility index (Phi) is 7.79. The zero-order valence-corrected chi connectivity index (χ0v) is 15.6. The Morgan fingerprint density at radius 3 is 2.70 bits per heavy atom. The molecule has 1 aliphatic rings. The quantitative estimate of drug-likeness (QED) is 0.280. The Labute approximate surface area is 159 Å². The van der Waals surface area contributed by atoms with Gasteiger partial charge in [-0.25, -0.2) is 0 Å². The highest BCUT2D eigenvalue weighted by atomic mass is 16.5. The molecule has 6 heteroatoms. The Morgan fingerprint density at radius 2 is 2.04 bits per heavy atom. The molecule has 1 N–H and O–H groups in total. The Balaban J connectivity index is 1.84. The highest BCUT2D eigenvalue weighted by Gasteiger charge is 2.23. The molecule has 0 spiro atoms. The number of carbonyl (C=O) groups excluding carboxylic acids is 3. The summed E-state index contributed by atoms with van der Waals surface area (Å²) < 4.78 is 10.7. The lowest BCUT2D eigenvalue weighted by Gasteiger charge is -2.11. The highest BCUT2D eigenvalue weighted by Crippen LogP contribution is 2.23. The summed E-state index contributed by atoms with van der Waals surface area (Å²) in [7, 11) is 1.62. The maximum Gasteiger partial charge on any atom is 0.310 e. The minimum absolute atomic E-state index is 0.0810. The van der Waals surface area contributed by atoms with E-state index < -0.39 is 17.8 Å². The molecule has 0 atom stereocenters. The first-order valence-corrected chi connectivity index (χ1v) is 9.01. The number of hydrogen-bond acceptors (Lipinski definition) is 5. The smallest absolute Gasteiger partial charge is 0.310 e. The van der Waals surface area contributed by atoms with Crippen molar-refractivity contribution >= 4 is 17.8 Å². The van der Waals surface area contributed by atoms with Crippen molar-refractivity contribution in [1.82, 2.24) is 5.32 Å². The second kappa shape index (κ2) is 10.3. The lowest BCUT2D eigenvalue weighted by Crippen LogP contribution is -2.23. The number of unbranched alkanes of at least 4 members (excludes halogenated alkanes) is 3. The van der Waals surface area contributed by atoms with E-state index in [9.17, 15) is 14.4 Å². The van der Waals surface area contributed by atoms with Crippen molar-refractivity contribution in [3.8, 4) is 5.75 Å². The zero-order valence-electron chi connectivity index (χ0n) is 15.6. The molecular weight excluding hydrogens is 346 g/mol. The molecule has 2 amide bonds. The third-order valence-corrected chi connectivity index (χ3v) is 4.27. The summed E-state index contributed by atoms with van der Waals surface area (Å²) in [5, 5.41) is 2.10. The Hall–Kier alpha value is -2.89. The van der Waals surface area contributed by atoms with Crippen LogP contribution in [0.2, 0.25) is 0 Å². The average molecular weight is 371 g/mol. The molecule has 0 radical (unpaired) electrons. The molecule has 144 valence electrons. The van der Waals surface area contributed by atoms with Gasteiger partial charge in [-0.3, -0.25) is 19.7 Å². The topological polar surface area (TPSA) is 81.7 Å². The highest BCUT2D eigenvalue weighted by molar-refractivity contribution is 6.17. The fraction of sp³-hybridized carbons (Fsp3) is 0.381. The SMILES string of the molecule is C=CCCCCCc1ccc(COC(=O)CC2=CC(=O)NC2=O)cc1OC. The summed E-state index contributed by atoms with van der Waals surface area (Å²) in [6.45, 7) is 3.81. The van der Waals surface area contributed by atoms with Gasteiger partial charge in [0.1, 0.15) is 12.4 Å². The molecule has 0 saturated carbocycles. The van der Waals surface area contributed by atoms with Crippen molar-refractivity contribution in [2.24, 2.45) is 0 Å². The van der Waals surface area contributed by atoms with Crippen LogP contribution in [0, 0.1) is 0 Å². The number of amides is 2. The molecule has 0 aliphatic carbocycles. The molecule has 0 saturated heterocycles. The van der Waals surface area contributed by atoms with E-state index in [4.69, 9.17) is 9.47 Å². The lowest BCUT2D eigenvalue weighted by atomic mass is 10.0. The van der Waals surface area contributed by atoms with Crippen molar-refractivity contribution in [2.45, 2.75) is 45.1 Å². The normalized spacial score (nSPS) is 13.1. The second-order valence-electron chi connectivity index (χ2n) is 6.36. The summed E-state index contributed by atoms with van der Waals surface area (Å²) in [5.74, 6) is -0.837. The molecule has 27 heavy (non-hydrogen) atoms. The van der Waals surface area contributed by atoms with Gasteiger partial charge in [-0.1, -0.05) is 24.6 Å². The minimum atomic E-state index is -0.559. The summed E-state index contributed by atoms with van der Waals surface area (Å²) in [6, 6.07) is 5.75. The van der Waals surface area contributed by atoms with Gasteiger partial charge in [0.25, 0.3) is 11.8 Å². The fourth-order valence-electron chi connectivity index (χ4n) is 2.82. The van der Waals surface area contributed by atoms with Crippen LogP contribution in [-0.4, -0.2) is 24.9 Å². The summed E-state index contributed by atoms with van der Waals surface area (Å²) >= 11 is 0. The average Bonchev–Trinajstić information content (AvgIpc) is 2.97. The zero-order chi connectivity index (χ0) is 19.6. The van der Waals surface area contributed by atoms with E-state index in [1.807, 2.05) is 24.3 Å². The van der Waals surface area contributed by atoms with Crippen LogP contribution >= 0.6 is 0 Å². The van der Waals surface area contributed by atoms with Gasteiger partial charge in [0.15, 0.2) is 0 Å². The van der Waals surface area contributed by atoms with E-state index in [2.05, 4.69) is 11.9 Å². The van der Waals surface area contributed by atoms with Crippen LogP contribution in [-0.2, 0) is 32.1 Å². The first-order valence-electron chi connectivity index (χ1n) is 9.01. The molecule has 1 aromatic rings. The second-order valence-corrected chi connectivity index (χ2v) is 6.36. The maximum atomic E-state index is 11.9. The first kappa shape index (κ1) is 20.4. The summed E-state index contributed by atoms with van der Waals surface area (Å²) in [5.41, 5.74) is 2.04. The van der Waals surface area contributed by atoms with Crippen LogP contribution in [0.5, 0.6) is 5.75 Å². The number of rotatable bonds is 11. The van der Waals surface area contributed by atoms with E-state index in [-0.39, 0.29) is 18.6 Å². The molecule has 1 aromatic carbocycles. The molecule has 0 fully saturated rings. The molecule has 1 aliphatic heterocycles. The number of esters is 1. The standard InChI is InChI=1S/C21H25NO5/c1-3-4-5-6-7-8-16-10-9-15(11-18(16)26-2)14-27-20(24)13-17-12-19(23)22-21(17)25/h3,9-12H,1,4-8,13-14H2,2H3,(H,22,23,25). The molecule has 2 rings (SSSR count). The first-order chi connectivity index (χ1) is 13.0. The fourth-order valence-corrected chi connectivity index (χ4v) is 2.82. The number of methoxy groups -OCH3 is 1. The van der Waals surface area contributed by atoms with E-state index in [0.29, 0.717) is 0 Å². The van der Waals surface area contributed by atoms with Crippen molar-refractivity contribution in [2.75, 3.05) is 7.11 Å². The molecular formula is C21H25NO5. The lowest BCUT2D eigenvalue weighted by molar-refractivity contribution is -0.144. The number of benzene rings is 1. The van der Waals surface area contributed by atoms with Crippen molar-refractivity contribution in [3.63, 3.8) is 0 Å². The third kappa shape index (κ3) is 6.40. The predicted octanol–water partition coefficient (Wildman–Crippen LogP) is 3.00. The van der Waals surface area contributed by atoms with Crippen LogP contribution in [0.4, 0.5) is 0 Å². The van der Waals surface area contributed by atoms with Gasteiger partial charge >= 0.3 is 5.97 Å². The van der Waals surface area contributed by atoms with Gasteiger partial charge in [-0.15, -0.1) is 6.58 Å². The van der Waals surface area contributed by atoms with Gasteiger partial charge in [-0.2, -0.15) is 0 Å². The van der Waals surface area contributed by atoms with E-state index in [1.54, 1.807) is 7.11 Å². The number of allylic oxidation sites excluding steroid dienone is 1. The molecule has 1 heterocycles. The van der Waals surface area contributed by atoms with Crippen molar-refractivity contribution in [1.29, 1.82) is 0 Å². The van der Waals surface area contributed by atoms with Gasteiger partial charge in [0, 0.05) is 11.6 Å².